The van der Waals surface area contributed by atoms with Gasteiger partial charge < -0.3 is 20.1 Å². The molecule has 1 amide bonds. The largest absolute Gasteiger partial charge is 0.446 e. The first kappa shape index (κ1) is 20.5. The second-order valence-corrected chi connectivity index (χ2v) is 7.41. The van der Waals surface area contributed by atoms with Crippen LogP contribution in [0.3, 0.4) is 0 Å². The highest BCUT2D eigenvalue weighted by atomic mass is 19.4. The van der Waals surface area contributed by atoms with Crippen LogP contribution in [0.4, 0.5) is 29.5 Å². The van der Waals surface area contributed by atoms with Gasteiger partial charge in [-0.2, -0.15) is 18.3 Å². The van der Waals surface area contributed by atoms with Crippen molar-refractivity contribution < 1.29 is 27.4 Å². The maximum Gasteiger partial charge on any atom is 0.420 e. The van der Waals surface area contributed by atoms with Gasteiger partial charge in [-0.25, -0.2) is 4.79 Å². The highest BCUT2D eigenvalue weighted by molar-refractivity contribution is 5.67. The van der Waals surface area contributed by atoms with E-state index in [2.05, 4.69) is 25.8 Å². The van der Waals surface area contributed by atoms with Crippen LogP contribution in [-0.4, -0.2) is 46.7 Å². The van der Waals surface area contributed by atoms with E-state index < -0.39 is 18.4 Å². The Morgan fingerprint density at radius 2 is 2.07 bits per heavy atom. The van der Waals surface area contributed by atoms with Gasteiger partial charge in [0.25, 0.3) is 0 Å². The van der Waals surface area contributed by atoms with E-state index in [1.165, 1.54) is 12.3 Å². The number of carbonyl (C=O) groups is 1. The molecule has 2 aromatic rings. The fourth-order valence-corrected chi connectivity index (χ4v) is 3.76. The van der Waals surface area contributed by atoms with Gasteiger partial charge in [0.1, 0.15) is 6.10 Å². The molecule has 3 heterocycles. The van der Waals surface area contributed by atoms with Crippen molar-refractivity contribution in [1.82, 2.24) is 20.5 Å². The molecule has 3 N–H and O–H groups in total. The number of aromatic amines is 1. The molecule has 0 radical (unpaired) electrons. The van der Waals surface area contributed by atoms with Crippen LogP contribution >= 0.6 is 0 Å². The average Bonchev–Trinajstić information content (AvgIpc) is 3.32. The van der Waals surface area contributed by atoms with Crippen LogP contribution in [-0.2, 0) is 9.47 Å². The topological polar surface area (TPSA) is 101 Å². The number of anilines is 2. The molecule has 1 aliphatic carbocycles. The van der Waals surface area contributed by atoms with Crippen molar-refractivity contribution in [2.75, 3.05) is 18.5 Å². The predicted octanol–water partition coefficient (Wildman–Crippen LogP) is 3.93. The van der Waals surface area contributed by atoms with Crippen molar-refractivity contribution in [3.05, 3.63) is 35.8 Å². The molecule has 0 spiro atoms. The van der Waals surface area contributed by atoms with Crippen molar-refractivity contribution in [1.29, 1.82) is 0 Å². The summed E-state index contributed by atoms with van der Waals surface area (Å²) in [5, 5.41) is 12.7. The number of hydrogen-bond acceptors (Lipinski definition) is 6. The van der Waals surface area contributed by atoms with Crippen molar-refractivity contribution in [2.45, 2.75) is 50.0 Å². The molecule has 0 aromatic carbocycles. The maximum absolute atomic E-state index is 13.5. The zero-order chi connectivity index (χ0) is 21.1. The third-order valence-electron chi connectivity index (χ3n) is 5.19. The van der Waals surface area contributed by atoms with Gasteiger partial charge in [0.2, 0.25) is 0 Å². The first-order valence-electron chi connectivity index (χ1n) is 9.79. The molecule has 1 unspecified atom stereocenters. The van der Waals surface area contributed by atoms with Crippen molar-refractivity contribution in [2.24, 2.45) is 0 Å². The second kappa shape index (κ2) is 8.50. The first-order chi connectivity index (χ1) is 14.4. The fraction of sp³-hybridized carbons (Fsp3) is 0.526. The minimum atomic E-state index is -4.63. The highest BCUT2D eigenvalue weighted by Gasteiger charge is 2.43. The van der Waals surface area contributed by atoms with Crippen LogP contribution in [0.1, 0.15) is 49.1 Å². The number of aromatic nitrogens is 3. The van der Waals surface area contributed by atoms with E-state index in [9.17, 15) is 18.0 Å². The van der Waals surface area contributed by atoms with Gasteiger partial charge in [-0.05, 0) is 37.8 Å². The Balaban J connectivity index is 1.59. The number of alkyl halides is 3. The number of alkyl carbamates (subject to hydrolysis) is 1. The number of amides is 1. The highest BCUT2D eigenvalue weighted by Crippen LogP contribution is 2.37. The Morgan fingerprint density at radius 3 is 2.90 bits per heavy atom. The summed E-state index contributed by atoms with van der Waals surface area (Å²) in [5.74, 6) is 0.649. The van der Waals surface area contributed by atoms with E-state index in [4.69, 9.17) is 9.47 Å². The maximum atomic E-state index is 13.5. The molecular weight excluding hydrogens is 403 g/mol. The van der Waals surface area contributed by atoms with Crippen LogP contribution < -0.4 is 10.6 Å². The third kappa shape index (κ3) is 4.84. The predicted molar refractivity (Wildman–Crippen MR) is 100 cm³/mol. The summed E-state index contributed by atoms with van der Waals surface area (Å²) in [4.78, 5) is 15.8. The Bertz CT molecular complexity index is 888. The quantitative estimate of drug-likeness (QED) is 0.591. The Hall–Kier alpha value is -2.82. The van der Waals surface area contributed by atoms with Crippen LogP contribution in [0, 0.1) is 0 Å². The molecule has 162 valence electrons. The molecular formula is C19H22F3N5O3. The van der Waals surface area contributed by atoms with Gasteiger partial charge in [0.05, 0.1) is 5.69 Å². The van der Waals surface area contributed by atoms with E-state index >= 15 is 0 Å². The number of pyridine rings is 1. The van der Waals surface area contributed by atoms with E-state index in [-0.39, 0.29) is 37.3 Å². The van der Waals surface area contributed by atoms with Gasteiger partial charge >= 0.3 is 12.3 Å². The number of nitrogens with zero attached hydrogens (tertiary/aromatic N) is 2. The number of halogens is 3. The SMILES string of the molecule is O=C1NCCCOC(C(F)(F)F)c2cc(ccn2)Nc2cc([nH]n2)[C@H]2CC[C@H](C2)O1. The standard InChI is InChI=1S/C19H22F3N5O3/c20-19(21,22)17-15-9-12(4-6-23-15)25-16-10-14(26-27-16)11-2-3-13(8-11)30-18(28)24-5-1-7-29-17/h4,6,9-11,13,17H,1-3,5,7-8H2,(H,24,28)(H2,25,26,27)/t11-,13+,17?/m0/s1. The minimum Gasteiger partial charge on any atom is -0.446 e. The zero-order valence-corrected chi connectivity index (χ0v) is 16.0. The molecule has 1 fully saturated rings. The smallest absolute Gasteiger partial charge is 0.420 e. The Morgan fingerprint density at radius 1 is 1.20 bits per heavy atom. The van der Waals surface area contributed by atoms with Crippen LogP contribution in [0.5, 0.6) is 0 Å². The van der Waals surface area contributed by atoms with Crippen molar-refractivity contribution in [3.8, 4) is 0 Å². The number of nitrogens with one attached hydrogen (secondary N) is 3. The lowest BCUT2D eigenvalue weighted by Crippen LogP contribution is -2.30. The average molecular weight is 425 g/mol. The summed E-state index contributed by atoms with van der Waals surface area (Å²) in [6, 6.07) is 4.68. The Kier molecular flexibility index (Phi) is 5.80. The van der Waals surface area contributed by atoms with Gasteiger partial charge in [0.15, 0.2) is 11.9 Å². The summed E-state index contributed by atoms with van der Waals surface area (Å²) >= 11 is 0. The third-order valence-corrected chi connectivity index (χ3v) is 5.19. The number of hydrogen-bond donors (Lipinski definition) is 3. The van der Waals surface area contributed by atoms with Gasteiger partial charge in [0, 0.05) is 42.7 Å². The lowest BCUT2D eigenvalue weighted by Gasteiger charge is -2.21. The molecule has 2 aromatic heterocycles. The number of rotatable bonds is 0. The summed E-state index contributed by atoms with van der Waals surface area (Å²) < 4.78 is 51.0. The Labute approximate surface area is 170 Å². The lowest BCUT2D eigenvalue weighted by atomic mass is 10.0. The van der Waals surface area contributed by atoms with Crippen molar-refractivity contribution in [3.63, 3.8) is 0 Å². The summed E-state index contributed by atoms with van der Waals surface area (Å²) in [7, 11) is 0. The summed E-state index contributed by atoms with van der Waals surface area (Å²) in [5.41, 5.74) is 1.06. The van der Waals surface area contributed by atoms with Crippen molar-refractivity contribution >= 4 is 17.6 Å². The molecule has 4 rings (SSSR count). The summed E-state index contributed by atoms with van der Waals surface area (Å²) in [6.45, 7) is -0.0451. The zero-order valence-electron chi connectivity index (χ0n) is 16.0. The van der Waals surface area contributed by atoms with E-state index in [1.807, 2.05) is 6.07 Å². The van der Waals surface area contributed by atoms with Crippen LogP contribution in [0.25, 0.3) is 0 Å². The minimum absolute atomic E-state index is 0.151. The molecule has 1 saturated carbocycles. The number of carbonyl (C=O) groups excluding carboxylic acids is 1. The summed E-state index contributed by atoms with van der Waals surface area (Å²) in [6.07, 6.45) is -3.80. The van der Waals surface area contributed by atoms with E-state index in [0.717, 1.165) is 18.5 Å². The normalized spacial score (nSPS) is 25.4. The molecule has 8 nitrogen and oxygen atoms in total. The molecule has 11 heteroatoms. The van der Waals surface area contributed by atoms with Crippen LogP contribution in [0.15, 0.2) is 24.4 Å². The molecule has 1 aliphatic heterocycles. The van der Waals surface area contributed by atoms with Crippen LogP contribution in [0.2, 0.25) is 0 Å². The number of fused-ring (bicyclic) bond motifs is 7. The number of H-pyrrole nitrogens is 1. The molecule has 3 atom stereocenters. The van der Waals surface area contributed by atoms with Gasteiger partial charge in [-0.3, -0.25) is 10.1 Å². The van der Waals surface area contributed by atoms with E-state index in [1.54, 1.807) is 6.07 Å². The van der Waals surface area contributed by atoms with E-state index in [0.29, 0.717) is 17.9 Å². The van der Waals surface area contributed by atoms with Gasteiger partial charge in [-0.15, -0.1) is 0 Å². The molecule has 2 aliphatic rings. The first-order valence-corrected chi connectivity index (χ1v) is 9.79. The monoisotopic (exact) mass is 425 g/mol. The molecule has 6 bridgehead atoms. The molecule has 30 heavy (non-hydrogen) atoms. The second-order valence-electron chi connectivity index (χ2n) is 7.41. The fourth-order valence-electron chi connectivity index (χ4n) is 3.76. The molecule has 0 saturated heterocycles. The number of ether oxygens (including phenoxy) is 2. The van der Waals surface area contributed by atoms with Gasteiger partial charge in [-0.1, -0.05) is 0 Å². The lowest BCUT2D eigenvalue weighted by molar-refractivity contribution is -0.225.